The molecule has 0 aromatic carbocycles. The zero-order chi connectivity index (χ0) is 13.2. The lowest BCUT2D eigenvalue weighted by atomic mass is 9.98. The highest BCUT2D eigenvalue weighted by molar-refractivity contribution is 7.12. The summed E-state index contributed by atoms with van der Waals surface area (Å²) < 4.78 is 0. The molecule has 0 aliphatic carbocycles. The van der Waals surface area contributed by atoms with Crippen molar-refractivity contribution >= 4 is 11.3 Å². The molecule has 19 heavy (non-hydrogen) atoms. The minimum atomic E-state index is 0.511. The van der Waals surface area contributed by atoms with E-state index in [1.165, 1.54) is 48.5 Å². The number of nitrogens with one attached hydrogen (secondary N) is 1. The third kappa shape index (κ3) is 2.88. The average molecular weight is 278 g/mol. The van der Waals surface area contributed by atoms with Crippen LogP contribution in [0.15, 0.2) is 12.1 Å². The topological polar surface area (TPSA) is 15.3 Å². The van der Waals surface area contributed by atoms with Crippen molar-refractivity contribution in [1.82, 2.24) is 10.2 Å². The maximum absolute atomic E-state index is 3.90. The van der Waals surface area contributed by atoms with E-state index >= 15 is 0 Å². The molecule has 1 aromatic rings. The van der Waals surface area contributed by atoms with Gasteiger partial charge in [0.2, 0.25) is 0 Å². The number of piperidine rings is 1. The van der Waals surface area contributed by atoms with E-state index in [0.717, 1.165) is 12.5 Å². The molecule has 3 heteroatoms. The van der Waals surface area contributed by atoms with Gasteiger partial charge >= 0.3 is 0 Å². The smallest absolute Gasteiger partial charge is 0.0388 e. The summed E-state index contributed by atoms with van der Waals surface area (Å²) in [4.78, 5) is 5.72. The molecule has 0 bridgehead atoms. The zero-order valence-electron chi connectivity index (χ0n) is 12.2. The summed E-state index contributed by atoms with van der Waals surface area (Å²) in [5.41, 5.74) is 0. The molecule has 0 spiro atoms. The van der Waals surface area contributed by atoms with Gasteiger partial charge in [0.1, 0.15) is 0 Å². The Balaban J connectivity index is 1.61. The van der Waals surface area contributed by atoms with Crippen LogP contribution in [0.4, 0.5) is 0 Å². The van der Waals surface area contributed by atoms with Crippen molar-refractivity contribution in [2.45, 2.75) is 64.1 Å². The Morgan fingerprint density at radius 2 is 2.21 bits per heavy atom. The van der Waals surface area contributed by atoms with Crippen LogP contribution in [0.3, 0.4) is 0 Å². The van der Waals surface area contributed by atoms with Crippen molar-refractivity contribution in [2.75, 3.05) is 13.1 Å². The second-order valence-corrected chi connectivity index (χ2v) is 7.24. The van der Waals surface area contributed by atoms with Crippen LogP contribution in [0.1, 0.15) is 55.3 Å². The summed E-state index contributed by atoms with van der Waals surface area (Å²) in [6.45, 7) is 7.21. The quantitative estimate of drug-likeness (QED) is 0.905. The third-order valence-electron chi connectivity index (χ3n) is 4.78. The molecular formula is C16H26N2S. The first-order valence-electron chi connectivity index (χ1n) is 7.86. The minimum absolute atomic E-state index is 0.511. The lowest BCUT2D eigenvalue weighted by Crippen LogP contribution is -2.45. The van der Waals surface area contributed by atoms with Gasteiger partial charge in [0.05, 0.1) is 0 Å². The first-order valence-corrected chi connectivity index (χ1v) is 8.68. The fraction of sp³-hybridized carbons (Fsp3) is 0.750. The van der Waals surface area contributed by atoms with Gasteiger partial charge in [-0.25, -0.2) is 0 Å². The molecule has 3 unspecified atom stereocenters. The zero-order valence-corrected chi connectivity index (χ0v) is 13.0. The second-order valence-electron chi connectivity index (χ2n) is 6.04. The third-order valence-corrected chi connectivity index (χ3v) is 6.19. The van der Waals surface area contributed by atoms with Crippen LogP contribution >= 0.6 is 11.3 Å². The van der Waals surface area contributed by atoms with Crippen molar-refractivity contribution < 1.29 is 0 Å². The molecule has 3 atom stereocenters. The van der Waals surface area contributed by atoms with E-state index in [4.69, 9.17) is 0 Å². The van der Waals surface area contributed by atoms with E-state index in [2.05, 4.69) is 36.2 Å². The molecule has 2 aliphatic heterocycles. The van der Waals surface area contributed by atoms with E-state index in [-0.39, 0.29) is 0 Å². The van der Waals surface area contributed by atoms with Gasteiger partial charge in [-0.1, -0.05) is 13.3 Å². The van der Waals surface area contributed by atoms with Gasteiger partial charge in [-0.15, -0.1) is 11.3 Å². The largest absolute Gasteiger partial charge is 0.305 e. The predicted octanol–water partition coefficient (Wildman–Crippen LogP) is 3.59. The SMILES string of the molecule is CCc1ccc(C(C)NC2CCN3CCCCC23)s1. The molecule has 2 nitrogen and oxygen atoms in total. The Kier molecular flexibility index (Phi) is 4.25. The number of hydrogen-bond acceptors (Lipinski definition) is 3. The summed E-state index contributed by atoms with van der Waals surface area (Å²) in [7, 11) is 0. The van der Waals surface area contributed by atoms with Gasteiger partial charge < -0.3 is 5.32 Å². The van der Waals surface area contributed by atoms with Gasteiger partial charge in [0.25, 0.3) is 0 Å². The van der Waals surface area contributed by atoms with E-state index in [0.29, 0.717) is 12.1 Å². The minimum Gasteiger partial charge on any atom is -0.305 e. The summed E-state index contributed by atoms with van der Waals surface area (Å²) in [5.74, 6) is 0. The maximum Gasteiger partial charge on any atom is 0.0388 e. The van der Waals surface area contributed by atoms with Crippen LogP contribution in [0.5, 0.6) is 0 Å². The number of nitrogens with zero attached hydrogens (tertiary/aromatic N) is 1. The van der Waals surface area contributed by atoms with Crippen molar-refractivity contribution in [2.24, 2.45) is 0 Å². The Morgan fingerprint density at radius 1 is 1.32 bits per heavy atom. The van der Waals surface area contributed by atoms with Crippen LogP contribution in [0.25, 0.3) is 0 Å². The van der Waals surface area contributed by atoms with Crippen molar-refractivity contribution in [3.8, 4) is 0 Å². The van der Waals surface area contributed by atoms with Gasteiger partial charge in [0.15, 0.2) is 0 Å². The molecule has 2 saturated heterocycles. The molecule has 106 valence electrons. The number of hydrogen-bond donors (Lipinski definition) is 1. The Bertz CT molecular complexity index is 415. The second kappa shape index (κ2) is 5.94. The fourth-order valence-electron chi connectivity index (χ4n) is 3.66. The van der Waals surface area contributed by atoms with Crippen molar-refractivity contribution in [1.29, 1.82) is 0 Å². The Morgan fingerprint density at radius 3 is 3.00 bits per heavy atom. The van der Waals surface area contributed by atoms with Crippen LogP contribution in [-0.2, 0) is 6.42 Å². The maximum atomic E-state index is 3.90. The molecule has 0 saturated carbocycles. The van der Waals surface area contributed by atoms with Crippen LogP contribution < -0.4 is 5.32 Å². The molecule has 2 aliphatic rings. The van der Waals surface area contributed by atoms with Crippen LogP contribution in [0, 0.1) is 0 Å². The normalized spacial score (nSPS) is 29.4. The molecular weight excluding hydrogens is 252 g/mol. The summed E-state index contributed by atoms with van der Waals surface area (Å²) in [6.07, 6.45) is 6.73. The number of thiophene rings is 1. The molecule has 1 N–H and O–H groups in total. The number of rotatable bonds is 4. The van der Waals surface area contributed by atoms with Crippen molar-refractivity contribution in [3.63, 3.8) is 0 Å². The van der Waals surface area contributed by atoms with Gasteiger partial charge in [-0.2, -0.15) is 0 Å². The fourth-order valence-corrected chi connectivity index (χ4v) is 4.63. The first kappa shape index (κ1) is 13.6. The van der Waals surface area contributed by atoms with Gasteiger partial charge in [-0.05, 0) is 51.3 Å². The average Bonchev–Trinajstić information content (AvgIpc) is 3.06. The Labute approximate surface area is 121 Å². The van der Waals surface area contributed by atoms with Gasteiger partial charge in [0, 0.05) is 34.4 Å². The van der Waals surface area contributed by atoms with E-state index in [1.807, 2.05) is 11.3 Å². The summed E-state index contributed by atoms with van der Waals surface area (Å²) >= 11 is 1.98. The highest BCUT2D eigenvalue weighted by atomic mass is 32.1. The molecule has 0 radical (unpaired) electrons. The molecule has 0 amide bonds. The summed E-state index contributed by atoms with van der Waals surface area (Å²) in [5, 5.41) is 3.90. The van der Waals surface area contributed by atoms with Crippen LogP contribution in [-0.4, -0.2) is 30.1 Å². The molecule has 2 fully saturated rings. The number of aryl methyl sites for hydroxylation is 1. The lowest BCUT2D eigenvalue weighted by molar-refractivity contribution is 0.177. The highest BCUT2D eigenvalue weighted by Crippen LogP contribution is 2.30. The standard InChI is InChI=1S/C16H26N2S/c1-3-13-7-8-16(19-13)12(2)17-14-9-11-18-10-5-4-6-15(14)18/h7-8,12,14-15,17H,3-6,9-11H2,1-2H3. The highest BCUT2D eigenvalue weighted by Gasteiger charge is 2.35. The van der Waals surface area contributed by atoms with E-state index in [9.17, 15) is 0 Å². The van der Waals surface area contributed by atoms with E-state index in [1.54, 1.807) is 0 Å². The lowest BCUT2D eigenvalue weighted by Gasteiger charge is -2.33. The van der Waals surface area contributed by atoms with E-state index < -0.39 is 0 Å². The molecule has 1 aromatic heterocycles. The number of fused-ring (bicyclic) bond motifs is 1. The van der Waals surface area contributed by atoms with Crippen molar-refractivity contribution in [3.05, 3.63) is 21.9 Å². The van der Waals surface area contributed by atoms with Crippen LogP contribution in [0.2, 0.25) is 0 Å². The van der Waals surface area contributed by atoms with Gasteiger partial charge in [-0.3, -0.25) is 4.90 Å². The monoisotopic (exact) mass is 278 g/mol. The summed E-state index contributed by atoms with van der Waals surface area (Å²) in [6, 6.07) is 6.63. The first-order chi connectivity index (χ1) is 9.28. The predicted molar refractivity (Wildman–Crippen MR) is 82.9 cm³/mol. The Hall–Kier alpha value is -0.380. The molecule has 3 rings (SSSR count). The molecule has 3 heterocycles.